The molecule has 1 heterocycles. The lowest BCUT2D eigenvalue weighted by molar-refractivity contribution is -0.195. The predicted molar refractivity (Wildman–Crippen MR) is 215 cm³/mol. The van der Waals surface area contributed by atoms with Crippen molar-refractivity contribution in [1.29, 1.82) is 0 Å². The van der Waals surface area contributed by atoms with Crippen LogP contribution in [0, 0.1) is 63.0 Å². The maximum absolute atomic E-state index is 14.7. The van der Waals surface area contributed by atoms with Crippen LogP contribution in [0.2, 0.25) is 0 Å². The lowest BCUT2D eigenvalue weighted by Crippen LogP contribution is -2.65. The number of hydrogen-bond donors (Lipinski definition) is 3. The molecular formula is C47H67FN4O4. The quantitative estimate of drug-likeness (QED) is 0.181. The molecule has 10 atom stereocenters. The number of aromatic amines is 1. The topological polar surface area (TPSA) is 127 Å². The van der Waals surface area contributed by atoms with E-state index in [4.69, 9.17) is 15.5 Å². The third kappa shape index (κ3) is 6.87. The molecule has 0 aliphatic heterocycles. The van der Waals surface area contributed by atoms with E-state index in [2.05, 4.69) is 31.1 Å². The first kappa shape index (κ1) is 39.7. The number of benzene rings is 1. The van der Waals surface area contributed by atoms with Crippen LogP contribution in [0.25, 0.3) is 11.3 Å². The smallest absolute Gasteiger partial charge is 0.307 e. The molecule has 4 N–H and O–H groups in total. The summed E-state index contributed by atoms with van der Waals surface area (Å²) in [4.78, 5) is 47.3. The number of esters is 1. The van der Waals surface area contributed by atoms with Crippen molar-refractivity contribution in [2.75, 3.05) is 0 Å². The van der Waals surface area contributed by atoms with Crippen molar-refractivity contribution >= 4 is 18.2 Å². The van der Waals surface area contributed by atoms with Crippen molar-refractivity contribution in [1.82, 2.24) is 15.3 Å². The number of rotatable bonds is 8. The summed E-state index contributed by atoms with van der Waals surface area (Å²) in [6, 6.07) is 6.26. The van der Waals surface area contributed by atoms with E-state index < -0.39 is 11.0 Å². The van der Waals surface area contributed by atoms with E-state index in [9.17, 15) is 18.8 Å². The summed E-state index contributed by atoms with van der Waals surface area (Å²) in [7, 11) is 0. The zero-order valence-corrected chi connectivity index (χ0v) is 34.6. The van der Waals surface area contributed by atoms with Gasteiger partial charge in [-0.3, -0.25) is 9.59 Å². The highest BCUT2D eigenvalue weighted by Crippen LogP contribution is 2.71. The average Bonchev–Trinajstić information content (AvgIpc) is 3.57. The van der Waals surface area contributed by atoms with Gasteiger partial charge in [0.2, 0.25) is 5.91 Å². The van der Waals surface area contributed by atoms with Crippen molar-refractivity contribution in [2.45, 2.75) is 161 Å². The molecule has 0 spiro atoms. The Balaban J connectivity index is 0.00000104. The van der Waals surface area contributed by atoms with Crippen LogP contribution in [-0.4, -0.2) is 40.3 Å². The van der Waals surface area contributed by atoms with Gasteiger partial charge in [0.15, 0.2) is 0 Å². The molecule has 0 saturated heterocycles. The number of amides is 1. The summed E-state index contributed by atoms with van der Waals surface area (Å²) in [5.74, 6) is 3.99. The Bertz CT molecular complexity index is 1780. The Kier molecular flexibility index (Phi) is 10.4. The fraction of sp³-hybridized carbons (Fsp3) is 0.745. The fourth-order valence-electron chi connectivity index (χ4n) is 13.5. The molecule has 2 aromatic rings. The van der Waals surface area contributed by atoms with Gasteiger partial charge in [0, 0.05) is 11.5 Å². The number of imidazole rings is 1. The second-order valence-corrected chi connectivity index (χ2v) is 20.9. The molecule has 7 saturated carbocycles. The summed E-state index contributed by atoms with van der Waals surface area (Å²) in [5, 5.41) is 3.63. The van der Waals surface area contributed by atoms with Gasteiger partial charge in [0.1, 0.15) is 24.0 Å². The van der Waals surface area contributed by atoms with Gasteiger partial charge in [-0.25, -0.2) is 9.37 Å². The molecule has 306 valence electrons. The van der Waals surface area contributed by atoms with Gasteiger partial charge < -0.3 is 25.6 Å². The molecule has 8 nitrogen and oxygen atoms in total. The Morgan fingerprint density at radius 1 is 0.911 bits per heavy atom. The Hall–Kier alpha value is -3.07. The minimum Gasteiger partial charge on any atom is -0.461 e. The highest BCUT2D eigenvalue weighted by Gasteiger charge is 2.66. The molecule has 0 radical (unpaired) electrons. The van der Waals surface area contributed by atoms with Crippen molar-refractivity contribution in [2.24, 2.45) is 62.9 Å². The van der Waals surface area contributed by atoms with E-state index in [1.807, 2.05) is 6.20 Å². The van der Waals surface area contributed by atoms with Crippen LogP contribution in [0.15, 0.2) is 30.5 Å². The molecular weight excluding hydrogens is 704 g/mol. The average molecular weight is 771 g/mol. The molecule has 10 unspecified atom stereocenters. The van der Waals surface area contributed by atoms with Crippen molar-refractivity contribution in [3.63, 3.8) is 0 Å². The summed E-state index contributed by atoms with van der Waals surface area (Å²) in [6.45, 7) is 10.9. The van der Waals surface area contributed by atoms with Crippen LogP contribution in [0.5, 0.6) is 0 Å². The molecule has 0 bridgehead atoms. The Morgan fingerprint density at radius 2 is 1.59 bits per heavy atom. The molecule has 1 aromatic carbocycles. The van der Waals surface area contributed by atoms with E-state index in [1.165, 1.54) is 37.8 Å². The molecule has 9 rings (SSSR count). The fourth-order valence-corrected chi connectivity index (χ4v) is 13.5. The zero-order chi connectivity index (χ0) is 39.7. The van der Waals surface area contributed by atoms with Crippen LogP contribution in [0.1, 0.15) is 150 Å². The number of aldehydes is 1. The monoisotopic (exact) mass is 771 g/mol. The third-order valence-corrected chi connectivity index (χ3v) is 17.0. The van der Waals surface area contributed by atoms with Crippen molar-refractivity contribution in [3.8, 4) is 11.3 Å². The number of halogens is 1. The molecule has 56 heavy (non-hydrogen) atoms. The number of carbonyl (C=O) groups excluding carboxylic acids is 3. The molecule has 7 aliphatic rings. The first-order valence-electron chi connectivity index (χ1n) is 22.2. The predicted octanol–water partition coefficient (Wildman–Crippen LogP) is 9.42. The van der Waals surface area contributed by atoms with E-state index >= 15 is 0 Å². The van der Waals surface area contributed by atoms with E-state index in [-0.39, 0.29) is 52.5 Å². The van der Waals surface area contributed by atoms with Crippen molar-refractivity contribution < 1.29 is 23.5 Å². The number of carbonyl (C=O) groups is 3. The second-order valence-electron chi connectivity index (χ2n) is 20.9. The second kappa shape index (κ2) is 14.6. The van der Waals surface area contributed by atoms with Crippen LogP contribution in [0.3, 0.4) is 0 Å². The summed E-state index contributed by atoms with van der Waals surface area (Å²) < 4.78 is 19.6. The minimum atomic E-state index is -0.735. The molecule has 9 heteroatoms. The number of nitrogens with two attached hydrogens (primary N) is 1. The minimum absolute atomic E-state index is 0.0778. The van der Waals surface area contributed by atoms with Crippen LogP contribution in [0.4, 0.5) is 4.39 Å². The summed E-state index contributed by atoms with van der Waals surface area (Å²) in [5.41, 5.74) is 7.52. The number of H-pyrrole nitrogens is 1. The van der Waals surface area contributed by atoms with Gasteiger partial charge in [0.25, 0.3) is 0 Å². The van der Waals surface area contributed by atoms with Gasteiger partial charge in [-0.15, -0.1) is 0 Å². The van der Waals surface area contributed by atoms with Gasteiger partial charge >= 0.3 is 5.97 Å². The lowest BCUT2D eigenvalue weighted by atomic mass is 9.38. The standard InChI is InChI=1S/C43H59FN4O4.C4H8/c1-39(2,25-49)23-35(50)52-33-16-21-41(4)31(36(33)45)14-20-40(3)29-15-22-42(17-5-7-30(42)28(29)12-13-34(40)41)38(51)48-43(18-6-19-43)37-46-24-32(47-37)26-8-10-27(44)11-9-26;1-4-2-3-4/h8-11,24-25,28-31,33-34,36H,5-7,12-23,45H2,1-4H3,(H,46,47)(H,48,51);4H,2-3H2,1H3. The van der Waals surface area contributed by atoms with E-state index in [0.717, 1.165) is 106 Å². The van der Waals surface area contributed by atoms with Crippen LogP contribution < -0.4 is 11.1 Å². The number of nitrogens with zero attached hydrogens (tertiary/aromatic N) is 1. The number of aromatic nitrogens is 2. The van der Waals surface area contributed by atoms with E-state index in [0.29, 0.717) is 29.6 Å². The Morgan fingerprint density at radius 3 is 2.25 bits per heavy atom. The van der Waals surface area contributed by atoms with Gasteiger partial charge in [0.05, 0.1) is 29.3 Å². The molecule has 7 aliphatic carbocycles. The lowest BCUT2D eigenvalue weighted by Gasteiger charge is -2.67. The van der Waals surface area contributed by atoms with Gasteiger partial charge in [-0.05, 0) is 160 Å². The number of nitrogens with one attached hydrogen (secondary N) is 2. The molecule has 1 amide bonds. The van der Waals surface area contributed by atoms with Crippen LogP contribution in [-0.2, 0) is 24.7 Å². The number of hydrogen-bond acceptors (Lipinski definition) is 6. The highest BCUT2D eigenvalue weighted by molar-refractivity contribution is 5.84. The summed E-state index contributed by atoms with van der Waals surface area (Å²) in [6.07, 6.45) is 19.8. The maximum Gasteiger partial charge on any atom is 0.307 e. The van der Waals surface area contributed by atoms with Gasteiger partial charge in [-0.2, -0.15) is 0 Å². The SMILES string of the molecule is CC(C)(C=O)CC(=O)OC1CCC2(C)C(CCC3(C)C4CCC5(C(=O)NC6(c7ncc(-c8ccc(F)cc8)[nH]7)CCC6)CCCC5C4CCC23)C1N.CC1CC1. The highest BCUT2D eigenvalue weighted by atomic mass is 19.1. The first-order valence-corrected chi connectivity index (χ1v) is 22.2. The zero-order valence-electron chi connectivity index (χ0n) is 34.6. The number of fused-ring (bicyclic) bond motifs is 7. The first-order chi connectivity index (χ1) is 26.6. The third-order valence-electron chi connectivity index (χ3n) is 17.0. The van der Waals surface area contributed by atoms with E-state index in [1.54, 1.807) is 26.0 Å². The van der Waals surface area contributed by atoms with Crippen molar-refractivity contribution in [3.05, 3.63) is 42.1 Å². The van der Waals surface area contributed by atoms with Gasteiger partial charge in [-0.1, -0.05) is 53.9 Å². The number of ether oxygens (including phenoxy) is 1. The molecule has 7 fully saturated rings. The Labute approximate surface area is 333 Å². The molecule has 1 aromatic heterocycles. The largest absolute Gasteiger partial charge is 0.461 e. The maximum atomic E-state index is 14.7. The normalized spacial score (nSPS) is 38.2. The van der Waals surface area contributed by atoms with Crippen LogP contribution >= 0.6 is 0 Å². The summed E-state index contributed by atoms with van der Waals surface area (Å²) >= 11 is 0.